The quantitative estimate of drug-likeness (QED) is 0.564. The molecule has 124 valence electrons. The molecule has 0 aliphatic rings. The SMILES string of the molecule is O=C(N[C@H](Cc1ccccc1)c1nc2ccccc2[nH]1)c1cccs1. The largest absolute Gasteiger partial charge is 0.341 e. The highest BCUT2D eigenvalue weighted by Crippen LogP contribution is 2.21. The maximum atomic E-state index is 12.6. The third kappa shape index (κ3) is 3.46. The van der Waals surface area contributed by atoms with Crippen molar-refractivity contribution in [1.29, 1.82) is 0 Å². The van der Waals surface area contributed by atoms with Crippen LogP contribution in [0.4, 0.5) is 0 Å². The number of nitrogens with one attached hydrogen (secondary N) is 2. The molecule has 0 radical (unpaired) electrons. The van der Waals surface area contributed by atoms with Crippen LogP contribution in [0.15, 0.2) is 72.1 Å². The van der Waals surface area contributed by atoms with E-state index in [0.29, 0.717) is 11.3 Å². The molecule has 0 fully saturated rings. The fourth-order valence-corrected chi connectivity index (χ4v) is 3.47. The maximum absolute atomic E-state index is 12.6. The maximum Gasteiger partial charge on any atom is 0.261 e. The zero-order valence-electron chi connectivity index (χ0n) is 13.5. The minimum Gasteiger partial charge on any atom is -0.341 e. The van der Waals surface area contributed by atoms with Gasteiger partial charge in [-0.25, -0.2) is 4.98 Å². The van der Waals surface area contributed by atoms with Crippen LogP contribution in [0.3, 0.4) is 0 Å². The second-order valence-electron chi connectivity index (χ2n) is 5.83. The van der Waals surface area contributed by atoms with Crippen molar-refractivity contribution in [1.82, 2.24) is 15.3 Å². The Morgan fingerprint density at radius 1 is 1.04 bits per heavy atom. The number of nitrogens with zero attached hydrogens (tertiary/aromatic N) is 1. The predicted octanol–water partition coefficient (Wildman–Crippen LogP) is 4.34. The summed E-state index contributed by atoms with van der Waals surface area (Å²) in [7, 11) is 0. The lowest BCUT2D eigenvalue weighted by Gasteiger charge is -2.16. The van der Waals surface area contributed by atoms with Crippen LogP contribution >= 0.6 is 11.3 Å². The summed E-state index contributed by atoms with van der Waals surface area (Å²) >= 11 is 1.44. The number of imidazole rings is 1. The van der Waals surface area contributed by atoms with Crippen molar-refractivity contribution in [3.05, 3.63) is 88.4 Å². The molecule has 4 aromatic rings. The highest BCUT2D eigenvalue weighted by Gasteiger charge is 2.20. The number of aromatic nitrogens is 2. The number of fused-ring (bicyclic) bond motifs is 1. The number of aromatic amines is 1. The summed E-state index contributed by atoms with van der Waals surface area (Å²) < 4.78 is 0. The Morgan fingerprint density at radius 3 is 2.60 bits per heavy atom. The number of hydrogen-bond donors (Lipinski definition) is 2. The van der Waals surface area contributed by atoms with E-state index >= 15 is 0 Å². The smallest absolute Gasteiger partial charge is 0.261 e. The fourth-order valence-electron chi connectivity index (χ4n) is 2.84. The Morgan fingerprint density at radius 2 is 1.84 bits per heavy atom. The molecular formula is C20H17N3OS. The van der Waals surface area contributed by atoms with Crippen molar-refractivity contribution in [2.24, 2.45) is 0 Å². The van der Waals surface area contributed by atoms with Gasteiger partial charge in [0.15, 0.2) is 0 Å². The third-order valence-electron chi connectivity index (χ3n) is 4.07. The van der Waals surface area contributed by atoms with Gasteiger partial charge in [0.2, 0.25) is 0 Å². The number of hydrogen-bond acceptors (Lipinski definition) is 3. The van der Waals surface area contributed by atoms with Gasteiger partial charge >= 0.3 is 0 Å². The second-order valence-corrected chi connectivity index (χ2v) is 6.78. The topological polar surface area (TPSA) is 57.8 Å². The first-order chi connectivity index (χ1) is 12.3. The number of benzene rings is 2. The van der Waals surface area contributed by atoms with E-state index in [0.717, 1.165) is 22.4 Å². The van der Waals surface area contributed by atoms with Crippen LogP contribution in [0, 0.1) is 0 Å². The number of para-hydroxylation sites is 2. The summed E-state index contributed by atoms with van der Waals surface area (Å²) in [6.45, 7) is 0. The molecule has 0 saturated carbocycles. The van der Waals surface area contributed by atoms with Crippen LogP contribution in [0.2, 0.25) is 0 Å². The summed E-state index contributed by atoms with van der Waals surface area (Å²) in [5, 5.41) is 5.03. The number of carbonyl (C=O) groups is 1. The minimum absolute atomic E-state index is 0.0728. The summed E-state index contributed by atoms with van der Waals surface area (Å²) in [5.41, 5.74) is 3.03. The Hall–Kier alpha value is -2.92. The van der Waals surface area contributed by atoms with Crippen LogP contribution in [0.1, 0.15) is 27.1 Å². The molecule has 0 aliphatic carbocycles. The molecule has 25 heavy (non-hydrogen) atoms. The number of rotatable bonds is 5. The van der Waals surface area contributed by atoms with E-state index in [1.807, 2.05) is 60.0 Å². The van der Waals surface area contributed by atoms with Gasteiger partial charge < -0.3 is 10.3 Å². The zero-order chi connectivity index (χ0) is 17.1. The van der Waals surface area contributed by atoms with Crippen molar-refractivity contribution in [3.63, 3.8) is 0 Å². The highest BCUT2D eigenvalue weighted by atomic mass is 32.1. The van der Waals surface area contributed by atoms with Gasteiger partial charge in [-0.3, -0.25) is 4.79 Å². The van der Waals surface area contributed by atoms with E-state index in [2.05, 4.69) is 27.4 Å². The molecule has 0 saturated heterocycles. The molecule has 0 spiro atoms. The zero-order valence-corrected chi connectivity index (χ0v) is 14.3. The Labute approximate surface area is 149 Å². The summed E-state index contributed by atoms with van der Waals surface area (Å²) in [6, 6.07) is 21.5. The van der Waals surface area contributed by atoms with Crippen LogP contribution in [-0.2, 0) is 6.42 Å². The molecule has 2 heterocycles. The summed E-state index contributed by atoms with van der Waals surface area (Å²) in [6.07, 6.45) is 0.678. The van der Waals surface area contributed by atoms with Crippen molar-refractivity contribution in [2.45, 2.75) is 12.5 Å². The molecule has 1 atom stereocenters. The number of carbonyl (C=O) groups excluding carboxylic acids is 1. The first-order valence-corrected chi connectivity index (χ1v) is 9.00. The van der Waals surface area contributed by atoms with Gasteiger partial charge in [-0.2, -0.15) is 0 Å². The van der Waals surface area contributed by atoms with Gasteiger partial charge in [-0.1, -0.05) is 48.5 Å². The van der Waals surface area contributed by atoms with Crippen LogP contribution in [0.25, 0.3) is 11.0 Å². The lowest BCUT2D eigenvalue weighted by Crippen LogP contribution is -2.30. The van der Waals surface area contributed by atoms with Gasteiger partial charge in [0.25, 0.3) is 5.91 Å². The molecule has 4 nitrogen and oxygen atoms in total. The Balaban J connectivity index is 1.66. The highest BCUT2D eigenvalue weighted by molar-refractivity contribution is 7.12. The van der Waals surface area contributed by atoms with Crippen molar-refractivity contribution in [2.75, 3.05) is 0 Å². The molecule has 0 aliphatic heterocycles. The van der Waals surface area contributed by atoms with Crippen LogP contribution in [-0.4, -0.2) is 15.9 Å². The Bertz CT molecular complexity index is 944. The molecule has 2 aromatic carbocycles. The van der Waals surface area contributed by atoms with Crippen LogP contribution in [0.5, 0.6) is 0 Å². The molecule has 2 aromatic heterocycles. The van der Waals surface area contributed by atoms with Gasteiger partial charge in [0.1, 0.15) is 5.82 Å². The average molecular weight is 347 g/mol. The van der Waals surface area contributed by atoms with Crippen molar-refractivity contribution < 1.29 is 4.79 Å². The molecular weight excluding hydrogens is 330 g/mol. The van der Waals surface area contributed by atoms with E-state index in [9.17, 15) is 4.79 Å². The molecule has 2 N–H and O–H groups in total. The number of amides is 1. The van der Waals surface area contributed by atoms with E-state index in [1.165, 1.54) is 11.3 Å². The molecule has 0 unspecified atom stereocenters. The first-order valence-electron chi connectivity index (χ1n) is 8.12. The minimum atomic E-state index is -0.218. The lowest BCUT2D eigenvalue weighted by molar-refractivity contribution is 0.0939. The molecule has 4 rings (SSSR count). The summed E-state index contributed by atoms with van der Waals surface area (Å²) in [4.78, 5) is 21.3. The predicted molar refractivity (Wildman–Crippen MR) is 101 cm³/mol. The van der Waals surface area contributed by atoms with E-state index in [1.54, 1.807) is 0 Å². The van der Waals surface area contributed by atoms with E-state index in [4.69, 9.17) is 0 Å². The van der Waals surface area contributed by atoms with Crippen molar-refractivity contribution >= 4 is 28.3 Å². The van der Waals surface area contributed by atoms with Crippen LogP contribution < -0.4 is 5.32 Å². The number of H-pyrrole nitrogens is 1. The van der Waals surface area contributed by atoms with E-state index < -0.39 is 0 Å². The third-order valence-corrected chi connectivity index (χ3v) is 4.94. The molecule has 1 amide bonds. The first kappa shape index (κ1) is 15.6. The average Bonchev–Trinajstić information content (AvgIpc) is 3.31. The lowest BCUT2D eigenvalue weighted by atomic mass is 10.1. The number of thiophene rings is 1. The monoisotopic (exact) mass is 347 g/mol. The Kier molecular flexibility index (Phi) is 4.31. The van der Waals surface area contributed by atoms with Gasteiger partial charge in [-0.05, 0) is 35.6 Å². The van der Waals surface area contributed by atoms with Gasteiger partial charge in [0, 0.05) is 0 Å². The van der Waals surface area contributed by atoms with Crippen molar-refractivity contribution in [3.8, 4) is 0 Å². The normalized spacial score (nSPS) is 12.2. The molecule has 0 bridgehead atoms. The standard InChI is InChI=1S/C20H17N3OS/c24-20(18-11-6-12-25-18)23-17(13-14-7-2-1-3-8-14)19-21-15-9-4-5-10-16(15)22-19/h1-12,17H,13H2,(H,21,22)(H,23,24)/t17-/m1/s1. The fraction of sp³-hybridized carbons (Fsp3) is 0.100. The van der Waals surface area contributed by atoms with Gasteiger partial charge in [-0.15, -0.1) is 11.3 Å². The molecule has 5 heteroatoms. The van der Waals surface area contributed by atoms with E-state index in [-0.39, 0.29) is 11.9 Å². The second kappa shape index (κ2) is 6.91. The van der Waals surface area contributed by atoms with Gasteiger partial charge in [0.05, 0.1) is 22.0 Å². The summed E-state index contributed by atoms with van der Waals surface area (Å²) in [5.74, 6) is 0.700.